The van der Waals surface area contributed by atoms with E-state index in [1.807, 2.05) is 46.3 Å². The number of nitrogen functional groups attached to an aromatic ring is 1. The van der Waals surface area contributed by atoms with Crippen molar-refractivity contribution < 1.29 is 9.53 Å². The number of nitrogens with zero attached hydrogens (tertiary/aromatic N) is 3. The smallest absolute Gasteiger partial charge is 0.257 e. The van der Waals surface area contributed by atoms with Gasteiger partial charge < -0.3 is 20.4 Å². The molecule has 0 aliphatic carbocycles. The second-order valence-electron chi connectivity index (χ2n) is 7.15. The van der Waals surface area contributed by atoms with Gasteiger partial charge in [-0.15, -0.1) is 11.3 Å². The van der Waals surface area contributed by atoms with E-state index in [0.29, 0.717) is 35.6 Å². The average molecular weight is 407 g/mol. The highest BCUT2D eigenvalue weighted by atomic mass is 32.1. The summed E-state index contributed by atoms with van der Waals surface area (Å²) in [5, 5.41) is 4.96. The fraction of sp³-hybridized carbons (Fsp3) is 0.286. The van der Waals surface area contributed by atoms with Crippen LogP contribution < -0.4 is 11.1 Å². The van der Waals surface area contributed by atoms with Crippen LogP contribution in [0.25, 0.3) is 22.2 Å². The van der Waals surface area contributed by atoms with Gasteiger partial charge in [-0.1, -0.05) is 18.2 Å². The molecule has 1 atom stereocenters. The van der Waals surface area contributed by atoms with Crippen LogP contribution in [0.3, 0.4) is 0 Å². The maximum Gasteiger partial charge on any atom is 0.257 e. The number of fused-ring (bicyclic) bond motifs is 2. The van der Waals surface area contributed by atoms with Gasteiger partial charge in [-0.2, -0.15) is 0 Å². The lowest BCUT2D eigenvalue weighted by Crippen LogP contribution is -2.24. The van der Waals surface area contributed by atoms with Crippen molar-refractivity contribution >= 4 is 45.3 Å². The van der Waals surface area contributed by atoms with Gasteiger partial charge in [0.15, 0.2) is 5.65 Å². The highest BCUT2D eigenvalue weighted by molar-refractivity contribution is 7.09. The molecule has 148 valence electrons. The van der Waals surface area contributed by atoms with Crippen LogP contribution in [-0.2, 0) is 17.8 Å². The van der Waals surface area contributed by atoms with Gasteiger partial charge >= 0.3 is 0 Å². The van der Waals surface area contributed by atoms with E-state index < -0.39 is 0 Å². The number of amides is 1. The number of ether oxygens (including phenoxy) is 1. The number of carbonyl (C=O) groups is 1. The van der Waals surface area contributed by atoms with Crippen molar-refractivity contribution in [2.45, 2.75) is 32.0 Å². The Bertz CT molecular complexity index is 1180. The lowest BCUT2D eigenvalue weighted by atomic mass is 10.2. The number of nitrogens with two attached hydrogens (primary N) is 1. The molecule has 3 N–H and O–H groups in total. The first-order valence-electron chi connectivity index (χ1n) is 9.67. The van der Waals surface area contributed by atoms with Gasteiger partial charge in [0.05, 0.1) is 30.2 Å². The van der Waals surface area contributed by atoms with Crippen LogP contribution in [-0.4, -0.2) is 33.2 Å². The Hall–Kier alpha value is -2.97. The molecule has 3 aromatic heterocycles. The monoisotopic (exact) mass is 407 g/mol. The van der Waals surface area contributed by atoms with Crippen LogP contribution >= 0.6 is 11.3 Å². The van der Waals surface area contributed by atoms with Crippen LogP contribution in [0.15, 0.2) is 41.8 Å². The Kier molecular flexibility index (Phi) is 4.65. The van der Waals surface area contributed by atoms with Gasteiger partial charge in [0, 0.05) is 11.5 Å². The summed E-state index contributed by atoms with van der Waals surface area (Å²) in [5.41, 5.74) is 9.52. The third-order valence-electron chi connectivity index (χ3n) is 5.23. The minimum Gasteiger partial charge on any atom is -0.384 e. The molecule has 4 heterocycles. The number of thiophene rings is 1. The van der Waals surface area contributed by atoms with Gasteiger partial charge in [-0.3, -0.25) is 4.79 Å². The highest BCUT2D eigenvalue weighted by Crippen LogP contribution is 2.29. The molecule has 4 aromatic rings. The summed E-state index contributed by atoms with van der Waals surface area (Å²) >= 11 is 1.60. The maximum atomic E-state index is 13.1. The number of hydrogen-bond acceptors (Lipinski definition) is 6. The first-order valence-corrected chi connectivity index (χ1v) is 10.6. The predicted octanol–water partition coefficient (Wildman–Crippen LogP) is 3.34. The molecule has 0 saturated carbocycles. The van der Waals surface area contributed by atoms with E-state index in [-0.39, 0.29) is 12.0 Å². The molecular weight excluding hydrogens is 386 g/mol. The summed E-state index contributed by atoms with van der Waals surface area (Å²) in [7, 11) is 0. The van der Waals surface area contributed by atoms with Crippen molar-refractivity contribution in [3.05, 3.63) is 52.2 Å². The second kappa shape index (κ2) is 7.46. The Morgan fingerprint density at radius 3 is 2.79 bits per heavy atom. The molecule has 0 radical (unpaired) electrons. The number of benzene rings is 1. The zero-order valence-electron chi connectivity index (χ0n) is 15.8. The fourth-order valence-corrected chi connectivity index (χ4v) is 4.43. The van der Waals surface area contributed by atoms with Crippen LogP contribution in [0, 0.1) is 0 Å². The fourth-order valence-electron chi connectivity index (χ4n) is 3.79. The first kappa shape index (κ1) is 18.1. The van der Waals surface area contributed by atoms with Gasteiger partial charge in [-0.05, 0) is 36.4 Å². The molecule has 0 bridgehead atoms. The quantitative estimate of drug-likeness (QED) is 0.529. The molecule has 1 amide bonds. The van der Waals surface area contributed by atoms with Gasteiger partial charge in [0.2, 0.25) is 0 Å². The van der Waals surface area contributed by atoms with Crippen molar-refractivity contribution in [2.75, 3.05) is 12.3 Å². The zero-order valence-corrected chi connectivity index (χ0v) is 16.6. The third-order valence-corrected chi connectivity index (χ3v) is 6.11. The van der Waals surface area contributed by atoms with E-state index in [2.05, 4.69) is 5.32 Å². The van der Waals surface area contributed by atoms with Gasteiger partial charge in [0.25, 0.3) is 5.91 Å². The lowest BCUT2D eigenvalue weighted by molar-refractivity contribution is 0.0947. The minimum atomic E-state index is -0.239. The highest BCUT2D eigenvalue weighted by Gasteiger charge is 2.26. The van der Waals surface area contributed by atoms with Gasteiger partial charge in [0.1, 0.15) is 16.9 Å². The molecule has 1 fully saturated rings. The summed E-state index contributed by atoms with van der Waals surface area (Å²) in [6, 6.07) is 11.6. The van der Waals surface area contributed by atoms with E-state index >= 15 is 0 Å². The molecule has 1 aromatic carbocycles. The summed E-state index contributed by atoms with van der Waals surface area (Å²) in [6.45, 7) is 1.77. The molecular formula is C21H21N5O2S. The predicted molar refractivity (Wildman–Crippen MR) is 114 cm³/mol. The molecule has 1 aliphatic heterocycles. The largest absolute Gasteiger partial charge is 0.384 e. The van der Waals surface area contributed by atoms with E-state index in [1.165, 1.54) is 0 Å². The summed E-state index contributed by atoms with van der Waals surface area (Å²) in [5.74, 6) is 0.144. The molecule has 1 saturated heterocycles. The molecule has 5 rings (SSSR count). The summed E-state index contributed by atoms with van der Waals surface area (Å²) in [6.07, 6.45) is 2.08. The Labute approximate surface area is 171 Å². The molecule has 7 nitrogen and oxygen atoms in total. The number of anilines is 1. The van der Waals surface area contributed by atoms with Crippen LogP contribution in [0.2, 0.25) is 0 Å². The molecule has 1 aliphatic rings. The number of aromatic nitrogens is 3. The van der Waals surface area contributed by atoms with Gasteiger partial charge in [-0.25, -0.2) is 9.97 Å². The van der Waals surface area contributed by atoms with E-state index in [4.69, 9.17) is 20.4 Å². The van der Waals surface area contributed by atoms with E-state index in [9.17, 15) is 4.79 Å². The maximum absolute atomic E-state index is 13.1. The van der Waals surface area contributed by atoms with Crippen molar-refractivity contribution in [3.8, 4) is 0 Å². The van der Waals surface area contributed by atoms with Crippen molar-refractivity contribution in [3.63, 3.8) is 0 Å². The summed E-state index contributed by atoms with van der Waals surface area (Å²) in [4.78, 5) is 23.7. The SMILES string of the molecule is Nc1c(C(=O)NCc2cccs2)c2nc3ccccc3nc2n1CC1CCCO1. The van der Waals surface area contributed by atoms with E-state index in [0.717, 1.165) is 35.4 Å². The Morgan fingerprint density at radius 2 is 2.07 bits per heavy atom. The molecule has 1 unspecified atom stereocenters. The van der Waals surface area contributed by atoms with Crippen LogP contribution in [0.5, 0.6) is 0 Å². The van der Waals surface area contributed by atoms with Crippen LogP contribution in [0.4, 0.5) is 5.82 Å². The third kappa shape index (κ3) is 3.34. The number of rotatable bonds is 5. The minimum absolute atomic E-state index is 0.0724. The number of nitrogens with one attached hydrogen (secondary N) is 1. The first-order chi connectivity index (χ1) is 14.2. The van der Waals surface area contributed by atoms with E-state index in [1.54, 1.807) is 11.3 Å². The standard InChI is InChI=1S/C21H21N5O2S/c22-19-17(21(27)23-11-14-6-4-10-29-14)18-20(26(19)12-13-5-3-9-28-13)25-16-8-2-1-7-15(16)24-18/h1-2,4,6-8,10,13H,3,5,9,11-12,22H2,(H,23,27). The molecule has 0 spiro atoms. The Morgan fingerprint density at radius 1 is 1.24 bits per heavy atom. The zero-order chi connectivity index (χ0) is 19.8. The van der Waals surface area contributed by atoms with Crippen molar-refractivity contribution in [2.24, 2.45) is 0 Å². The number of hydrogen-bond donors (Lipinski definition) is 2. The second-order valence-corrected chi connectivity index (χ2v) is 8.18. The molecule has 29 heavy (non-hydrogen) atoms. The Balaban J connectivity index is 1.59. The lowest BCUT2D eigenvalue weighted by Gasteiger charge is -2.13. The van der Waals surface area contributed by atoms with Crippen molar-refractivity contribution in [1.29, 1.82) is 0 Å². The van der Waals surface area contributed by atoms with Crippen LogP contribution in [0.1, 0.15) is 28.1 Å². The normalized spacial score (nSPS) is 16.6. The topological polar surface area (TPSA) is 95.1 Å². The number of para-hydroxylation sites is 2. The average Bonchev–Trinajstić information content (AvgIpc) is 3.48. The number of carbonyl (C=O) groups excluding carboxylic acids is 1. The molecule has 8 heteroatoms. The van der Waals surface area contributed by atoms with Crippen molar-refractivity contribution in [1.82, 2.24) is 19.9 Å². The summed E-state index contributed by atoms with van der Waals surface area (Å²) < 4.78 is 7.67.